The SMILES string of the molecule is CN=CN1CC1. The van der Waals surface area contributed by atoms with Crippen LogP contribution in [0.25, 0.3) is 0 Å². The van der Waals surface area contributed by atoms with Gasteiger partial charge in [-0.1, -0.05) is 0 Å². The first-order valence-corrected chi connectivity index (χ1v) is 2.10. The molecule has 34 valence electrons. The van der Waals surface area contributed by atoms with Crippen molar-refractivity contribution in [3.63, 3.8) is 0 Å². The third-order valence-electron chi connectivity index (χ3n) is 0.761. The van der Waals surface area contributed by atoms with E-state index in [-0.39, 0.29) is 0 Å². The van der Waals surface area contributed by atoms with Crippen molar-refractivity contribution in [1.29, 1.82) is 0 Å². The molecule has 1 aliphatic heterocycles. The van der Waals surface area contributed by atoms with Crippen LogP contribution in [0.3, 0.4) is 0 Å². The first kappa shape index (κ1) is 3.65. The molecule has 1 fully saturated rings. The molecule has 0 aromatic carbocycles. The molecule has 0 aromatic heterocycles. The number of aliphatic imine (C=N–C) groups is 1. The Morgan fingerprint density at radius 1 is 1.67 bits per heavy atom. The lowest BCUT2D eigenvalue weighted by Gasteiger charge is -1.80. The highest BCUT2D eigenvalue weighted by molar-refractivity contribution is 5.57. The van der Waals surface area contributed by atoms with Gasteiger partial charge in [-0.25, -0.2) is 0 Å². The molecule has 2 heteroatoms. The lowest BCUT2D eigenvalue weighted by atomic mass is 11.0. The van der Waals surface area contributed by atoms with Gasteiger partial charge in [0.05, 0.1) is 6.34 Å². The Labute approximate surface area is 37.5 Å². The van der Waals surface area contributed by atoms with Crippen molar-refractivity contribution in [3.8, 4) is 0 Å². The average molecular weight is 84.1 g/mol. The number of hydrogen-bond acceptors (Lipinski definition) is 1. The van der Waals surface area contributed by atoms with Gasteiger partial charge in [0.1, 0.15) is 0 Å². The lowest BCUT2D eigenvalue weighted by Crippen LogP contribution is -1.87. The fraction of sp³-hybridized carbons (Fsp3) is 0.750. The molecule has 0 spiro atoms. The van der Waals surface area contributed by atoms with E-state index in [0.29, 0.717) is 0 Å². The van der Waals surface area contributed by atoms with Gasteiger partial charge in [-0.2, -0.15) is 0 Å². The van der Waals surface area contributed by atoms with Crippen LogP contribution in [0.15, 0.2) is 4.99 Å². The molecule has 0 unspecified atom stereocenters. The third-order valence-corrected chi connectivity index (χ3v) is 0.761. The Hall–Kier alpha value is -0.530. The number of rotatable bonds is 1. The van der Waals surface area contributed by atoms with Gasteiger partial charge in [-0.15, -0.1) is 0 Å². The molecule has 0 saturated carbocycles. The van der Waals surface area contributed by atoms with E-state index >= 15 is 0 Å². The largest absolute Gasteiger partial charge is 0.359 e. The van der Waals surface area contributed by atoms with Crippen LogP contribution in [-0.4, -0.2) is 31.4 Å². The monoisotopic (exact) mass is 84.1 g/mol. The summed E-state index contributed by atoms with van der Waals surface area (Å²) in [6.07, 6.45) is 1.86. The highest BCUT2D eigenvalue weighted by atomic mass is 15.3. The molecule has 1 saturated heterocycles. The fourth-order valence-electron chi connectivity index (χ4n) is 0.337. The van der Waals surface area contributed by atoms with E-state index < -0.39 is 0 Å². The molecular weight excluding hydrogens is 76.1 g/mol. The molecule has 0 aliphatic carbocycles. The molecule has 0 N–H and O–H groups in total. The second-order valence-electron chi connectivity index (χ2n) is 1.41. The van der Waals surface area contributed by atoms with E-state index in [9.17, 15) is 0 Å². The van der Waals surface area contributed by atoms with Crippen LogP contribution in [0.4, 0.5) is 0 Å². The molecule has 0 radical (unpaired) electrons. The normalized spacial score (nSPS) is 19.8. The van der Waals surface area contributed by atoms with Crippen LogP contribution in [-0.2, 0) is 0 Å². The standard InChI is InChI=1S/C4H8N2/c1-5-4-6-2-3-6/h4H,2-3H2,1H3. The van der Waals surface area contributed by atoms with Crippen LogP contribution in [0, 0.1) is 0 Å². The van der Waals surface area contributed by atoms with Crippen molar-refractivity contribution < 1.29 is 0 Å². The summed E-state index contributed by atoms with van der Waals surface area (Å²) in [4.78, 5) is 5.94. The van der Waals surface area contributed by atoms with Gasteiger partial charge in [-0.3, -0.25) is 4.99 Å². The highest BCUT2D eigenvalue weighted by Crippen LogP contribution is 1.95. The maximum atomic E-state index is 3.80. The summed E-state index contributed by atoms with van der Waals surface area (Å²) in [6, 6.07) is 0. The Bertz CT molecular complexity index is 63.9. The van der Waals surface area contributed by atoms with E-state index in [4.69, 9.17) is 0 Å². The molecule has 0 atom stereocenters. The Morgan fingerprint density at radius 2 is 2.33 bits per heavy atom. The smallest absolute Gasteiger partial charge is 0.0847 e. The van der Waals surface area contributed by atoms with E-state index in [2.05, 4.69) is 9.89 Å². The van der Waals surface area contributed by atoms with Crippen molar-refractivity contribution in [1.82, 2.24) is 4.90 Å². The molecule has 0 amide bonds. The van der Waals surface area contributed by atoms with Crippen LogP contribution < -0.4 is 0 Å². The van der Waals surface area contributed by atoms with E-state index in [0.717, 1.165) is 0 Å². The predicted molar refractivity (Wildman–Crippen MR) is 26.0 cm³/mol. The van der Waals surface area contributed by atoms with Crippen molar-refractivity contribution in [2.45, 2.75) is 0 Å². The summed E-state index contributed by atoms with van der Waals surface area (Å²) in [6.45, 7) is 2.41. The molecule has 1 aliphatic rings. The average Bonchev–Trinajstić information content (AvgIpc) is 2.21. The van der Waals surface area contributed by atoms with Gasteiger partial charge in [0, 0.05) is 20.1 Å². The second kappa shape index (κ2) is 1.29. The quantitative estimate of drug-likeness (QED) is 0.247. The Kier molecular flexibility index (Phi) is 0.783. The van der Waals surface area contributed by atoms with E-state index in [1.165, 1.54) is 13.1 Å². The second-order valence-corrected chi connectivity index (χ2v) is 1.41. The van der Waals surface area contributed by atoms with E-state index in [1.54, 1.807) is 7.05 Å². The van der Waals surface area contributed by atoms with Gasteiger partial charge >= 0.3 is 0 Å². The summed E-state index contributed by atoms with van der Waals surface area (Å²) in [7, 11) is 1.79. The molecule has 2 nitrogen and oxygen atoms in total. The van der Waals surface area contributed by atoms with Gasteiger partial charge in [0.2, 0.25) is 0 Å². The van der Waals surface area contributed by atoms with Crippen molar-refractivity contribution in [2.75, 3.05) is 20.1 Å². The first-order valence-electron chi connectivity index (χ1n) is 2.10. The molecule has 0 aromatic rings. The summed E-state index contributed by atoms with van der Waals surface area (Å²) in [5.41, 5.74) is 0. The summed E-state index contributed by atoms with van der Waals surface area (Å²) < 4.78 is 0. The van der Waals surface area contributed by atoms with Gasteiger partial charge < -0.3 is 4.90 Å². The zero-order valence-electron chi connectivity index (χ0n) is 3.89. The molecule has 1 rings (SSSR count). The highest BCUT2D eigenvalue weighted by Gasteiger charge is 2.10. The minimum atomic E-state index is 1.21. The van der Waals surface area contributed by atoms with Gasteiger partial charge in [0.25, 0.3) is 0 Å². The van der Waals surface area contributed by atoms with Crippen molar-refractivity contribution >= 4 is 6.34 Å². The summed E-state index contributed by atoms with van der Waals surface area (Å²) >= 11 is 0. The zero-order valence-corrected chi connectivity index (χ0v) is 3.89. The molecular formula is C4H8N2. The van der Waals surface area contributed by atoms with E-state index in [1.807, 2.05) is 6.34 Å². The Morgan fingerprint density at radius 3 is 2.50 bits per heavy atom. The van der Waals surface area contributed by atoms with Crippen molar-refractivity contribution in [2.24, 2.45) is 4.99 Å². The third kappa shape index (κ3) is 0.708. The van der Waals surface area contributed by atoms with Gasteiger partial charge in [0.15, 0.2) is 0 Å². The van der Waals surface area contributed by atoms with Crippen LogP contribution in [0.5, 0.6) is 0 Å². The topological polar surface area (TPSA) is 15.4 Å². The summed E-state index contributed by atoms with van der Waals surface area (Å²) in [5, 5.41) is 0. The molecule has 6 heavy (non-hydrogen) atoms. The van der Waals surface area contributed by atoms with Crippen LogP contribution >= 0.6 is 0 Å². The molecule has 0 bridgehead atoms. The summed E-state index contributed by atoms with van der Waals surface area (Å²) in [5.74, 6) is 0. The number of hydrogen-bond donors (Lipinski definition) is 0. The maximum absolute atomic E-state index is 3.80. The fourth-order valence-corrected chi connectivity index (χ4v) is 0.337. The lowest BCUT2D eigenvalue weighted by molar-refractivity contribution is 0.871. The predicted octanol–water partition coefficient (Wildman–Crippen LogP) is -0.0399. The first-order chi connectivity index (χ1) is 2.93. The Balaban J connectivity index is 2.15. The molecule has 1 heterocycles. The van der Waals surface area contributed by atoms with Gasteiger partial charge in [-0.05, 0) is 0 Å². The number of nitrogens with zero attached hydrogens (tertiary/aromatic N) is 2. The maximum Gasteiger partial charge on any atom is 0.0847 e. The minimum Gasteiger partial charge on any atom is -0.359 e. The van der Waals surface area contributed by atoms with Crippen molar-refractivity contribution in [3.05, 3.63) is 0 Å². The minimum absolute atomic E-state index is 1.21. The van der Waals surface area contributed by atoms with Crippen LogP contribution in [0.2, 0.25) is 0 Å². The van der Waals surface area contributed by atoms with Crippen LogP contribution in [0.1, 0.15) is 0 Å². The zero-order chi connectivity index (χ0) is 4.41.